The summed E-state index contributed by atoms with van der Waals surface area (Å²) in [5.41, 5.74) is -0.211. The van der Waals surface area contributed by atoms with Gasteiger partial charge in [0.25, 0.3) is 5.91 Å². The number of rotatable bonds is 6. The summed E-state index contributed by atoms with van der Waals surface area (Å²) in [6.45, 7) is -0.0463. The minimum atomic E-state index is -4.46. The molecule has 0 bridgehead atoms. The minimum absolute atomic E-state index is 0.0463. The third-order valence-corrected chi connectivity index (χ3v) is 4.05. The monoisotopic (exact) mass is 383 g/mol. The molecule has 0 radical (unpaired) electrons. The number of hydrogen-bond acceptors (Lipinski definition) is 4. The van der Waals surface area contributed by atoms with Crippen molar-refractivity contribution in [2.24, 2.45) is 0 Å². The van der Waals surface area contributed by atoms with Crippen LogP contribution in [0.15, 0.2) is 42.5 Å². The van der Waals surface area contributed by atoms with Gasteiger partial charge in [-0.15, -0.1) is 0 Å². The van der Waals surface area contributed by atoms with Gasteiger partial charge in [0, 0.05) is 12.6 Å². The Balaban J connectivity index is 2.09. The maximum absolute atomic E-state index is 12.6. The fourth-order valence-electron chi connectivity index (χ4n) is 2.53. The van der Waals surface area contributed by atoms with Gasteiger partial charge >= 0.3 is 6.18 Å². The second-order valence-electron chi connectivity index (χ2n) is 5.89. The van der Waals surface area contributed by atoms with Gasteiger partial charge in [0.15, 0.2) is 11.5 Å². The van der Waals surface area contributed by atoms with Crippen molar-refractivity contribution >= 4 is 5.91 Å². The number of alkyl halides is 3. The molecule has 0 saturated heterocycles. The highest BCUT2D eigenvalue weighted by atomic mass is 19.4. The summed E-state index contributed by atoms with van der Waals surface area (Å²) in [5.74, 6) is 0.441. The van der Waals surface area contributed by atoms with E-state index in [1.807, 2.05) is 0 Å². The summed E-state index contributed by atoms with van der Waals surface area (Å²) >= 11 is 0. The van der Waals surface area contributed by atoms with Crippen molar-refractivity contribution in [3.05, 3.63) is 59.2 Å². The molecule has 0 saturated carbocycles. The first kappa shape index (κ1) is 20.6. The van der Waals surface area contributed by atoms with E-state index < -0.39 is 23.8 Å². The fraction of sp³-hybridized carbons (Fsp3) is 0.316. The molecule has 0 spiro atoms. The normalized spacial score (nSPS) is 12.4. The van der Waals surface area contributed by atoms with Crippen molar-refractivity contribution < 1.29 is 32.5 Å². The van der Waals surface area contributed by atoms with Crippen LogP contribution < -0.4 is 9.47 Å². The lowest BCUT2D eigenvalue weighted by molar-refractivity contribution is -0.137. The average Bonchev–Trinajstić information content (AvgIpc) is 2.66. The van der Waals surface area contributed by atoms with Crippen molar-refractivity contribution in [1.29, 1.82) is 0 Å². The molecule has 0 aliphatic carbocycles. The first-order valence-electron chi connectivity index (χ1n) is 8.00. The predicted molar refractivity (Wildman–Crippen MR) is 92.9 cm³/mol. The SMILES string of the molecule is COc1ccc(C(O)CN(C)C(=O)c2ccc(C(F)(F)F)cc2)cc1OC. The van der Waals surface area contributed by atoms with Gasteiger partial charge in [-0.1, -0.05) is 6.07 Å². The Morgan fingerprint density at radius 1 is 1.07 bits per heavy atom. The van der Waals surface area contributed by atoms with Crippen LogP contribution in [0.1, 0.15) is 27.6 Å². The van der Waals surface area contributed by atoms with Gasteiger partial charge in [0.1, 0.15) is 0 Å². The Hall–Kier alpha value is -2.74. The van der Waals surface area contributed by atoms with E-state index >= 15 is 0 Å². The average molecular weight is 383 g/mol. The molecule has 1 N–H and O–H groups in total. The Labute approximate surface area is 154 Å². The van der Waals surface area contributed by atoms with Crippen molar-refractivity contribution in [1.82, 2.24) is 4.90 Å². The lowest BCUT2D eigenvalue weighted by Gasteiger charge is -2.22. The molecule has 0 aliphatic rings. The number of nitrogens with zero attached hydrogens (tertiary/aromatic N) is 1. The second-order valence-corrected chi connectivity index (χ2v) is 5.89. The van der Waals surface area contributed by atoms with Gasteiger partial charge < -0.3 is 19.5 Å². The molecule has 8 heteroatoms. The molecule has 0 heterocycles. The molecule has 0 aliphatic heterocycles. The van der Waals surface area contributed by atoms with Gasteiger partial charge in [-0.2, -0.15) is 13.2 Å². The van der Waals surface area contributed by atoms with E-state index in [0.717, 1.165) is 24.3 Å². The molecule has 2 aromatic rings. The number of aliphatic hydroxyl groups excluding tert-OH is 1. The van der Waals surface area contributed by atoms with E-state index in [0.29, 0.717) is 17.1 Å². The van der Waals surface area contributed by atoms with E-state index in [1.54, 1.807) is 18.2 Å². The van der Waals surface area contributed by atoms with E-state index in [4.69, 9.17) is 9.47 Å². The van der Waals surface area contributed by atoms with Gasteiger partial charge in [-0.25, -0.2) is 0 Å². The zero-order chi connectivity index (χ0) is 20.2. The molecular weight excluding hydrogens is 363 g/mol. The number of likely N-dealkylation sites (N-methyl/N-ethyl adjacent to an activating group) is 1. The fourth-order valence-corrected chi connectivity index (χ4v) is 2.53. The summed E-state index contributed by atoms with van der Waals surface area (Å²) in [6, 6.07) is 8.81. The standard InChI is InChI=1S/C19H20F3NO4/c1-23(18(25)12-4-7-14(8-5-12)19(20,21)22)11-15(24)13-6-9-16(26-2)17(10-13)27-3/h4-10,15,24H,11H2,1-3H3. The molecule has 146 valence electrons. The van der Waals surface area contributed by atoms with Crippen molar-refractivity contribution in [3.8, 4) is 11.5 Å². The summed E-state index contributed by atoms with van der Waals surface area (Å²) in [7, 11) is 4.42. The summed E-state index contributed by atoms with van der Waals surface area (Å²) in [5, 5.41) is 10.4. The molecular formula is C19H20F3NO4. The van der Waals surface area contributed by atoms with Crippen LogP contribution in [0.4, 0.5) is 13.2 Å². The van der Waals surface area contributed by atoms with E-state index in [2.05, 4.69) is 0 Å². The Kier molecular flexibility index (Phi) is 6.32. The zero-order valence-electron chi connectivity index (χ0n) is 15.1. The van der Waals surface area contributed by atoms with Crippen molar-refractivity contribution in [3.63, 3.8) is 0 Å². The third-order valence-electron chi connectivity index (χ3n) is 4.05. The second kappa shape index (κ2) is 8.30. The molecule has 27 heavy (non-hydrogen) atoms. The lowest BCUT2D eigenvalue weighted by Crippen LogP contribution is -2.31. The molecule has 5 nitrogen and oxygen atoms in total. The molecule has 1 unspecified atom stereocenters. The quantitative estimate of drug-likeness (QED) is 0.829. The highest BCUT2D eigenvalue weighted by molar-refractivity contribution is 5.94. The predicted octanol–water partition coefficient (Wildman–Crippen LogP) is 3.53. The van der Waals surface area contributed by atoms with Gasteiger partial charge in [0.2, 0.25) is 0 Å². The van der Waals surface area contributed by atoms with Crippen LogP contribution in [-0.4, -0.2) is 43.7 Å². The van der Waals surface area contributed by atoms with Crippen LogP contribution in [0.5, 0.6) is 11.5 Å². The number of amides is 1. The molecule has 0 aromatic heterocycles. The van der Waals surface area contributed by atoms with Gasteiger partial charge in [0.05, 0.1) is 32.4 Å². The Morgan fingerprint density at radius 3 is 2.19 bits per heavy atom. The zero-order valence-corrected chi connectivity index (χ0v) is 15.1. The third kappa shape index (κ3) is 4.91. The number of halogens is 3. The van der Waals surface area contributed by atoms with E-state index in [9.17, 15) is 23.1 Å². The number of hydrogen-bond donors (Lipinski definition) is 1. The highest BCUT2D eigenvalue weighted by Crippen LogP contribution is 2.31. The highest BCUT2D eigenvalue weighted by Gasteiger charge is 2.30. The van der Waals surface area contributed by atoms with Gasteiger partial charge in [-0.3, -0.25) is 4.79 Å². The maximum atomic E-state index is 12.6. The van der Waals surface area contributed by atoms with Crippen LogP contribution in [0, 0.1) is 0 Å². The Bertz CT molecular complexity index is 791. The maximum Gasteiger partial charge on any atom is 0.416 e. The van der Waals surface area contributed by atoms with Crippen molar-refractivity contribution in [2.75, 3.05) is 27.8 Å². The number of ether oxygens (including phenoxy) is 2. The topological polar surface area (TPSA) is 59.0 Å². The van der Waals surface area contributed by atoms with Crippen molar-refractivity contribution in [2.45, 2.75) is 12.3 Å². The largest absolute Gasteiger partial charge is 0.493 e. The molecule has 2 aromatic carbocycles. The number of benzene rings is 2. The lowest BCUT2D eigenvalue weighted by atomic mass is 10.1. The Morgan fingerprint density at radius 2 is 1.67 bits per heavy atom. The smallest absolute Gasteiger partial charge is 0.416 e. The number of carbonyl (C=O) groups excluding carboxylic acids is 1. The van der Waals surface area contributed by atoms with Crippen LogP contribution >= 0.6 is 0 Å². The van der Waals surface area contributed by atoms with Crippen LogP contribution in [0.2, 0.25) is 0 Å². The van der Waals surface area contributed by atoms with Crippen LogP contribution in [0.25, 0.3) is 0 Å². The first-order valence-corrected chi connectivity index (χ1v) is 8.00. The molecule has 0 fully saturated rings. The number of carbonyl (C=O) groups is 1. The van der Waals surface area contributed by atoms with E-state index in [1.165, 1.54) is 26.2 Å². The summed E-state index contributed by atoms with van der Waals surface area (Å²) < 4.78 is 48.1. The summed E-state index contributed by atoms with van der Waals surface area (Å²) in [6.07, 6.45) is -5.47. The van der Waals surface area contributed by atoms with Gasteiger partial charge in [-0.05, 0) is 42.0 Å². The molecule has 2 rings (SSSR count). The van der Waals surface area contributed by atoms with Crippen LogP contribution in [-0.2, 0) is 6.18 Å². The number of methoxy groups -OCH3 is 2. The van der Waals surface area contributed by atoms with E-state index in [-0.39, 0.29) is 12.1 Å². The number of aliphatic hydroxyl groups is 1. The molecule has 1 atom stereocenters. The molecule has 1 amide bonds. The van der Waals surface area contributed by atoms with Crippen LogP contribution in [0.3, 0.4) is 0 Å². The summed E-state index contributed by atoms with van der Waals surface area (Å²) in [4.78, 5) is 13.6. The minimum Gasteiger partial charge on any atom is -0.493 e. The first-order chi connectivity index (χ1) is 12.7.